The van der Waals surface area contributed by atoms with Crippen LogP contribution in [0.1, 0.15) is 36.6 Å². The molecule has 1 aliphatic heterocycles. The van der Waals surface area contributed by atoms with E-state index in [0.717, 1.165) is 37.1 Å². The third kappa shape index (κ3) is 3.61. The summed E-state index contributed by atoms with van der Waals surface area (Å²) < 4.78 is 5.10. The van der Waals surface area contributed by atoms with Crippen LogP contribution in [0.2, 0.25) is 0 Å². The van der Waals surface area contributed by atoms with Gasteiger partial charge in [0.25, 0.3) is 0 Å². The Kier molecular flexibility index (Phi) is 4.75. The lowest BCUT2D eigenvalue weighted by molar-refractivity contribution is 0.151. The van der Waals surface area contributed by atoms with Gasteiger partial charge < -0.3 is 15.0 Å². The van der Waals surface area contributed by atoms with Crippen molar-refractivity contribution in [2.24, 2.45) is 0 Å². The summed E-state index contributed by atoms with van der Waals surface area (Å²) in [4.78, 5) is 18.7. The molecule has 2 aromatic rings. The fraction of sp³-hybridized carbons (Fsp3) is 0.438. The van der Waals surface area contributed by atoms with Crippen LogP contribution in [0.3, 0.4) is 0 Å². The topological polar surface area (TPSA) is 83.1 Å². The molecule has 0 bridgehead atoms. The van der Waals surface area contributed by atoms with Crippen molar-refractivity contribution in [3.05, 3.63) is 41.9 Å². The number of ether oxygens (including phenoxy) is 1. The lowest BCUT2D eigenvalue weighted by atomic mass is 9.98. The molecule has 7 heteroatoms. The van der Waals surface area contributed by atoms with Gasteiger partial charge in [-0.1, -0.05) is 6.07 Å². The molecule has 122 valence electrons. The van der Waals surface area contributed by atoms with Gasteiger partial charge in [0.15, 0.2) is 0 Å². The molecule has 1 aliphatic rings. The lowest BCUT2D eigenvalue weighted by Gasteiger charge is -2.35. The zero-order valence-electron chi connectivity index (χ0n) is 13.2. The van der Waals surface area contributed by atoms with Crippen molar-refractivity contribution < 1.29 is 9.53 Å². The van der Waals surface area contributed by atoms with Crippen molar-refractivity contribution in [3.63, 3.8) is 0 Å². The normalized spacial score (nSPS) is 17.8. The minimum atomic E-state index is -0.0690. The Morgan fingerprint density at radius 3 is 3.17 bits per heavy atom. The van der Waals surface area contributed by atoms with Gasteiger partial charge in [0.1, 0.15) is 0 Å². The second-order valence-electron chi connectivity index (χ2n) is 5.57. The number of pyridine rings is 1. The molecule has 0 saturated carbocycles. The first kappa shape index (κ1) is 15.3. The SMILES string of the molecule is COc1cccc(CNC(=O)N2CCCCC2c2cn[nH]c2)n1. The number of rotatable bonds is 4. The molecule has 0 radical (unpaired) electrons. The zero-order chi connectivity index (χ0) is 16.1. The van der Waals surface area contributed by atoms with Crippen LogP contribution < -0.4 is 10.1 Å². The maximum atomic E-state index is 12.6. The van der Waals surface area contributed by atoms with Crippen molar-refractivity contribution >= 4 is 6.03 Å². The van der Waals surface area contributed by atoms with Crippen LogP contribution in [-0.2, 0) is 6.54 Å². The molecule has 0 aromatic carbocycles. The predicted octanol–water partition coefficient (Wildman–Crippen LogP) is 2.25. The van der Waals surface area contributed by atoms with Crippen molar-refractivity contribution in [3.8, 4) is 5.88 Å². The van der Waals surface area contributed by atoms with E-state index < -0.39 is 0 Å². The van der Waals surface area contributed by atoms with Gasteiger partial charge >= 0.3 is 6.03 Å². The van der Waals surface area contributed by atoms with Gasteiger partial charge in [0.05, 0.1) is 31.6 Å². The van der Waals surface area contributed by atoms with Gasteiger partial charge in [0.2, 0.25) is 5.88 Å². The largest absolute Gasteiger partial charge is 0.481 e. The molecule has 7 nitrogen and oxygen atoms in total. The number of likely N-dealkylation sites (tertiary alicyclic amines) is 1. The van der Waals surface area contributed by atoms with Crippen molar-refractivity contribution in [2.75, 3.05) is 13.7 Å². The van der Waals surface area contributed by atoms with Crippen molar-refractivity contribution in [1.29, 1.82) is 0 Å². The van der Waals surface area contributed by atoms with E-state index in [2.05, 4.69) is 20.5 Å². The van der Waals surface area contributed by atoms with Gasteiger partial charge in [-0.25, -0.2) is 9.78 Å². The summed E-state index contributed by atoms with van der Waals surface area (Å²) in [5.74, 6) is 0.547. The van der Waals surface area contributed by atoms with Crippen LogP contribution in [0, 0.1) is 0 Å². The highest BCUT2D eigenvalue weighted by Crippen LogP contribution is 2.30. The highest BCUT2D eigenvalue weighted by Gasteiger charge is 2.28. The average Bonchev–Trinajstić information content (AvgIpc) is 3.14. The van der Waals surface area contributed by atoms with Gasteiger partial charge in [-0.15, -0.1) is 0 Å². The lowest BCUT2D eigenvalue weighted by Crippen LogP contribution is -2.44. The number of methoxy groups -OCH3 is 1. The van der Waals surface area contributed by atoms with Crippen LogP contribution in [0.15, 0.2) is 30.6 Å². The average molecular weight is 315 g/mol. The van der Waals surface area contributed by atoms with Crippen LogP contribution in [0.25, 0.3) is 0 Å². The number of urea groups is 1. The fourth-order valence-electron chi connectivity index (χ4n) is 2.90. The van der Waals surface area contributed by atoms with Gasteiger partial charge in [-0.05, 0) is 25.3 Å². The molecule has 0 aliphatic carbocycles. The molecule has 1 fully saturated rings. The van der Waals surface area contributed by atoms with Gasteiger partial charge in [-0.2, -0.15) is 5.10 Å². The fourth-order valence-corrected chi connectivity index (χ4v) is 2.90. The number of carbonyl (C=O) groups excluding carboxylic acids is 1. The second kappa shape index (κ2) is 7.13. The van der Waals surface area contributed by atoms with E-state index in [4.69, 9.17) is 4.74 Å². The minimum absolute atomic E-state index is 0.0690. The number of hydrogen-bond acceptors (Lipinski definition) is 4. The Hall–Kier alpha value is -2.57. The second-order valence-corrected chi connectivity index (χ2v) is 5.57. The number of H-pyrrole nitrogens is 1. The number of piperidine rings is 1. The number of nitrogens with one attached hydrogen (secondary N) is 2. The summed E-state index contributed by atoms with van der Waals surface area (Å²) in [5.41, 5.74) is 1.83. The number of hydrogen-bond donors (Lipinski definition) is 2. The Morgan fingerprint density at radius 1 is 1.48 bits per heavy atom. The van der Waals surface area contributed by atoms with E-state index in [0.29, 0.717) is 12.4 Å². The van der Waals surface area contributed by atoms with E-state index in [1.165, 1.54) is 0 Å². The molecule has 1 saturated heterocycles. The molecule has 2 amide bonds. The van der Waals surface area contributed by atoms with Crippen molar-refractivity contribution in [2.45, 2.75) is 31.8 Å². The van der Waals surface area contributed by atoms with Crippen LogP contribution in [0.4, 0.5) is 4.79 Å². The standard InChI is InChI=1S/C16H21N5O2/c1-23-15-7-4-5-13(20-15)11-17-16(22)21-8-3-2-6-14(21)12-9-18-19-10-12/h4-5,7,9-10,14H,2-3,6,8,11H2,1H3,(H,17,22)(H,18,19). The summed E-state index contributed by atoms with van der Waals surface area (Å²) in [7, 11) is 1.58. The first-order chi connectivity index (χ1) is 11.3. The third-order valence-corrected chi connectivity index (χ3v) is 4.08. The number of aromatic amines is 1. The molecule has 1 unspecified atom stereocenters. The monoisotopic (exact) mass is 315 g/mol. The first-order valence-corrected chi connectivity index (χ1v) is 7.81. The van der Waals surface area contributed by atoms with Crippen LogP contribution in [-0.4, -0.2) is 39.8 Å². The minimum Gasteiger partial charge on any atom is -0.481 e. The van der Waals surface area contributed by atoms with Crippen molar-refractivity contribution in [1.82, 2.24) is 25.4 Å². The maximum Gasteiger partial charge on any atom is 0.318 e. The summed E-state index contributed by atoms with van der Waals surface area (Å²) in [6.45, 7) is 1.14. The molecule has 2 N–H and O–H groups in total. The first-order valence-electron chi connectivity index (χ1n) is 7.81. The number of amides is 2. The summed E-state index contributed by atoms with van der Waals surface area (Å²) >= 11 is 0. The smallest absolute Gasteiger partial charge is 0.318 e. The predicted molar refractivity (Wildman–Crippen MR) is 84.9 cm³/mol. The molecular formula is C16H21N5O2. The summed E-state index contributed by atoms with van der Waals surface area (Å²) in [6.07, 6.45) is 6.76. The molecule has 23 heavy (non-hydrogen) atoms. The molecule has 0 spiro atoms. The molecule has 2 aromatic heterocycles. The Bertz CT molecular complexity index is 644. The van der Waals surface area contributed by atoms with Gasteiger partial charge in [-0.3, -0.25) is 5.10 Å². The van der Waals surface area contributed by atoms with E-state index in [9.17, 15) is 4.79 Å². The van der Waals surface area contributed by atoms with Gasteiger partial charge in [0, 0.05) is 24.4 Å². The van der Waals surface area contributed by atoms with Crippen LogP contribution >= 0.6 is 0 Å². The Balaban J connectivity index is 1.64. The Labute approximate surface area is 135 Å². The summed E-state index contributed by atoms with van der Waals surface area (Å²) in [6, 6.07) is 5.53. The molecule has 3 rings (SSSR count). The number of carbonyl (C=O) groups is 1. The van der Waals surface area contributed by atoms with E-state index >= 15 is 0 Å². The summed E-state index contributed by atoms with van der Waals surface area (Å²) in [5, 5.41) is 9.77. The zero-order valence-corrected chi connectivity index (χ0v) is 13.2. The van der Waals surface area contributed by atoms with E-state index in [1.807, 2.05) is 23.2 Å². The van der Waals surface area contributed by atoms with E-state index in [1.54, 1.807) is 19.4 Å². The molecular weight excluding hydrogens is 294 g/mol. The van der Waals surface area contributed by atoms with Crippen LogP contribution in [0.5, 0.6) is 5.88 Å². The molecule has 1 atom stereocenters. The number of nitrogens with zero attached hydrogens (tertiary/aromatic N) is 3. The highest BCUT2D eigenvalue weighted by molar-refractivity contribution is 5.74. The molecule has 3 heterocycles. The maximum absolute atomic E-state index is 12.6. The Morgan fingerprint density at radius 2 is 2.39 bits per heavy atom. The quantitative estimate of drug-likeness (QED) is 0.906. The third-order valence-electron chi connectivity index (χ3n) is 4.08. The van der Waals surface area contributed by atoms with E-state index in [-0.39, 0.29) is 12.1 Å². The highest BCUT2D eigenvalue weighted by atomic mass is 16.5. The number of aromatic nitrogens is 3.